The van der Waals surface area contributed by atoms with Crippen LogP contribution in [-0.2, 0) is 25.6 Å². The van der Waals surface area contributed by atoms with E-state index in [0.29, 0.717) is 0 Å². The minimum Gasteiger partial charge on any atom is -0.467 e. The van der Waals surface area contributed by atoms with E-state index in [9.17, 15) is 14.4 Å². The SMILES string of the molecule is COC(=O)[C@H](CN(C)C(=O)OC(C)(C)C)NC(=O)OCc1ccccc1. The van der Waals surface area contributed by atoms with E-state index in [1.165, 1.54) is 19.1 Å². The van der Waals surface area contributed by atoms with E-state index in [2.05, 4.69) is 10.1 Å². The first-order valence-electron chi connectivity index (χ1n) is 8.11. The molecule has 0 spiro atoms. The zero-order chi connectivity index (χ0) is 19.7. The Balaban J connectivity index is 2.61. The van der Waals surface area contributed by atoms with Crippen LogP contribution in [0.5, 0.6) is 0 Å². The maximum absolute atomic E-state index is 12.0. The molecule has 1 N–H and O–H groups in total. The van der Waals surface area contributed by atoms with Crippen molar-refractivity contribution in [1.82, 2.24) is 10.2 Å². The van der Waals surface area contributed by atoms with Gasteiger partial charge in [0, 0.05) is 7.05 Å². The number of hydrogen-bond donors (Lipinski definition) is 1. The molecule has 0 saturated heterocycles. The Kier molecular flexibility index (Phi) is 7.89. The molecule has 2 amide bonds. The smallest absolute Gasteiger partial charge is 0.410 e. The molecule has 8 heteroatoms. The fourth-order valence-corrected chi connectivity index (χ4v) is 1.92. The van der Waals surface area contributed by atoms with Crippen LogP contribution in [0.15, 0.2) is 30.3 Å². The van der Waals surface area contributed by atoms with Crippen molar-refractivity contribution in [1.29, 1.82) is 0 Å². The van der Waals surface area contributed by atoms with Gasteiger partial charge in [0.1, 0.15) is 18.2 Å². The molecule has 1 atom stereocenters. The van der Waals surface area contributed by atoms with Crippen LogP contribution in [0, 0.1) is 0 Å². The molecule has 0 fully saturated rings. The quantitative estimate of drug-likeness (QED) is 0.613. The van der Waals surface area contributed by atoms with Crippen molar-refractivity contribution in [3.63, 3.8) is 0 Å². The van der Waals surface area contributed by atoms with Crippen molar-refractivity contribution in [2.45, 2.75) is 39.0 Å². The highest BCUT2D eigenvalue weighted by Crippen LogP contribution is 2.09. The van der Waals surface area contributed by atoms with E-state index in [-0.39, 0.29) is 13.2 Å². The highest BCUT2D eigenvalue weighted by atomic mass is 16.6. The van der Waals surface area contributed by atoms with Gasteiger partial charge in [0.2, 0.25) is 0 Å². The van der Waals surface area contributed by atoms with Gasteiger partial charge < -0.3 is 24.4 Å². The van der Waals surface area contributed by atoms with Crippen LogP contribution < -0.4 is 5.32 Å². The van der Waals surface area contributed by atoms with E-state index in [1.54, 1.807) is 32.9 Å². The summed E-state index contributed by atoms with van der Waals surface area (Å²) in [6.07, 6.45) is -1.41. The Morgan fingerprint density at radius 3 is 2.31 bits per heavy atom. The maximum Gasteiger partial charge on any atom is 0.410 e. The zero-order valence-electron chi connectivity index (χ0n) is 15.8. The second-order valence-corrected chi connectivity index (χ2v) is 6.64. The van der Waals surface area contributed by atoms with Gasteiger partial charge in [0.05, 0.1) is 13.7 Å². The highest BCUT2D eigenvalue weighted by Gasteiger charge is 2.28. The van der Waals surface area contributed by atoms with E-state index in [1.807, 2.05) is 18.2 Å². The summed E-state index contributed by atoms with van der Waals surface area (Å²) in [5.41, 5.74) is 0.136. The predicted molar refractivity (Wildman–Crippen MR) is 94.4 cm³/mol. The number of carbonyl (C=O) groups excluding carboxylic acids is 3. The van der Waals surface area contributed by atoms with Crippen molar-refractivity contribution in [3.8, 4) is 0 Å². The summed E-state index contributed by atoms with van der Waals surface area (Å²) in [5.74, 6) is -0.697. The van der Waals surface area contributed by atoms with E-state index < -0.39 is 29.8 Å². The minimum absolute atomic E-state index is 0.0580. The number of nitrogens with zero attached hydrogens (tertiary/aromatic N) is 1. The third-order valence-corrected chi connectivity index (χ3v) is 3.15. The summed E-state index contributed by atoms with van der Waals surface area (Å²) in [5, 5.41) is 2.40. The average Bonchev–Trinajstić information content (AvgIpc) is 2.58. The lowest BCUT2D eigenvalue weighted by atomic mass is 10.2. The van der Waals surface area contributed by atoms with Gasteiger partial charge in [0.25, 0.3) is 0 Å². The predicted octanol–water partition coefficient (Wildman–Crippen LogP) is 2.32. The second kappa shape index (κ2) is 9.65. The second-order valence-electron chi connectivity index (χ2n) is 6.64. The van der Waals surface area contributed by atoms with Crippen molar-refractivity contribution in [2.24, 2.45) is 0 Å². The van der Waals surface area contributed by atoms with E-state index in [0.717, 1.165) is 5.56 Å². The van der Waals surface area contributed by atoms with Gasteiger partial charge in [-0.3, -0.25) is 0 Å². The number of benzene rings is 1. The maximum atomic E-state index is 12.0. The molecule has 0 heterocycles. The summed E-state index contributed by atoms with van der Waals surface area (Å²) in [6.45, 7) is 5.13. The number of amides is 2. The average molecular weight is 366 g/mol. The molecular formula is C18H26N2O6. The molecule has 1 rings (SSSR count). The van der Waals surface area contributed by atoms with Crippen LogP contribution >= 0.6 is 0 Å². The molecule has 0 aromatic heterocycles. The molecule has 26 heavy (non-hydrogen) atoms. The molecule has 0 aliphatic heterocycles. The molecule has 0 aliphatic rings. The number of methoxy groups -OCH3 is 1. The summed E-state index contributed by atoms with van der Waals surface area (Å²) >= 11 is 0. The number of ether oxygens (including phenoxy) is 3. The molecule has 0 aliphatic carbocycles. The molecule has 8 nitrogen and oxygen atoms in total. The Labute approximate surface area is 153 Å². The third-order valence-electron chi connectivity index (χ3n) is 3.15. The van der Waals surface area contributed by atoms with Crippen LogP contribution in [0.1, 0.15) is 26.3 Å². The number of alkyl carbamates (subject to hydrolysis) is 1. The van der Waals surface area contributed by atoms with Gasteiger partial charge in [0.15, 0.2) is 0 Å². The Hall–Kier alpha value is -2.77. The third kappa shape index (κ3) is 7.87. The summed E-state index contributed by atoms with van der Waals surface area (Å²) in [4.78, 5) is 37.0. The normalized spacial score (nSPS) is 11.9. The molecule has 0 radical (unpaired) electrons. The summed E-state index contributed by atoms with van der Waals surface area (Å²) in [7, 11) is 2.65. The molecule has 0 bridgehead atoms. The lowest BCUT2D eigenvalue weighted by Crippen LogP contribution is -2.50. The van der Waals surface area contributed by atoms with Crippen molar-refractivity contribution < 1.29 is 28.6 Å². The van der Waals surface area contributed by atoms with Crippen LogP contribution in [0.4, 0.5) is 9.59 Å². The molecular weight excluding hydrogens is 340 g/mol. The first-order chi connectivity index (χ1) is 12.1. The first-order valence-corrected chi connectivity index (χ1v) is 8.11. The van der Waals surface area contributed by atoms with Gasteiger partial charge in [-0.15, -0.1) is 0 Å². The lowest BCUT2D eigenvalue weighted by Gasteiger charge is -2.27. The number of likely N-dealkylation sites (N-methyl/N-ethyl adjacent to an activating group) is 1. The fourth-order valence-electron chi connectivity index (χ4n) is 1.92. The molecule has 1 aromatic carbocycles. The largest absolute Gasteiger partial charge is 0.467 e. The Morgan fingerprint density at radius 1 is 1.15 bits per heavy atom. The number of nitrogens with one attached hydrogen (secondary N) is 1. The number of carbonyl (C=O) groups is 3. The van der Waals surface area contributed by atoms with Crippen LogP contribution in [0.25, 0.3) is 0 Å². The van der Waals surface area contributed by atoms with Gasteiger partial charge >= 0.3 is 18.2 Å². The van der Waals surface area contributed by atoms with Gasteiger partial charge in [-0.05, 0) is 26.3 Å². The number of esters is 1. The van der Waals surface area contributed by atoms with Crippen LogP contribution in [0.2, 0.25) is 0 Å². The van der Waals surface area contributed by atoms with E-state index >= 15 is 0 Å². The fraction of sp³-hybridized carbons (Fsp3) is 0.500. The van der Waals surface area contributed by atoms with E-state index in [4.69, 9.17) is 9.47 Å². The molecule has 0 unspecified atom stereocenters. The minimum atomic E-state index is -1.08. The zero-order valence-corrected chi connectivity index (χ0v) is 15.8. The Morgan fingerprint density at radius 2 is 1.77 bits per heavy atom. The summed E-state index contributed by atoms with van der Waals surface area (Å²) < 4.78 is 15.0. The monoisotopic (exact) mass is 366 g/mol. The molecule has 0 saturated carbocycles. The van der Waals surface area contributed by atoms with Crippen molar-refractivity contribution in [3.05, 3.63) is 35.9 Å². The molecule has 144 valence electrons. The van der Waals surface area contributed by atoms with Crippen molar-refractivity contribution in [2.75, 3.05) is 20.7 Å². The first kappa shape index (κ1) is 21.3. The van der Waals surface area contributed by atoms with Gasteiger partial charge in [-0.25, -0.2) is 14.4 Å². The highest BCUT2D eigenvalue weighted by molar-refractivity contribution is 5.82. The Bertz CT molecular complexity index is 612. The number of rotatable bonds is 6. The van der Waals surface area contributed by atoms with Crippen LogP contribution in [0.3, 0.4) is 0 Å². The number of hydrogen-bond acceptors (Lipinski definition) is 6. The lowest BCUT2D eigenvalue weighted by molar-refractivity contribution is -0.143. The molecule has 1 aromatic rings. The van der Waals surface area contributed by atoms with Gasteiger partial charge in [-0.1, -0.05) is 30.3 Å². The van der Waals surface area contributed by atoms with Crippen molar-refractivity contribution >= 4 is 18.2 Å². The van der Waals surface area contributed by atoms with Gasteiger partial charge in [-0.2, -0.15) is 0 Å². The van der Waals surface area contributed by atoms with Crippen LogP contribution in [-0.4, -0.2) is 55.4 Å². The topological polar surface area (TPSA) is 94.2 Å². The standard InChI is InChI=1S/C18H26N2O6/c1-18(2,3)26-17(23)20(4)11-14(15(21)24-5)19-16(22)25-12-13-9-7-6-8-10-13/h6-10,14H,11-12H2,1-5H3,(H,19,22)/t14-/m0/s1. The summed E-state index contributed by atoms with van der Waals surface area (Å²) in [6, 6.07) is 8.03.